The van der Waals surface area contributed by atoms with Crippen molar-refractivity contribution in [3.05, 3.63) is 61.7 Å². The van der Waals surface area contributed by atoms with E-state index in [1.54, 1.807) is 17.6 Å². The number of aliphatic hydroxyl groups excluding tert-OH is 2. The summed E-state index contributed by atoms with van der Waals surface area (Å²) < 4.78 is 21.4. The van der Waals surface area contributed by atoms with Crippen LogP contribution in [0.1, 0.15) is 92.4 Å². The fourth-order valence-corrected chi connectivity index (χ4v) is 5.82. The number of fused-ring (bicyclic) bond motifs is 5. The van der Waals surface area contributed by atoms with E-state index in [9.17, 15) is 24.2 Å². The third-order valence-electron chi connectivity index (χ3n) is 7.48. The third-order valence-corrected chi connectivity index (χ3v) is 7.48. The predicted octanol–water partition coefficient (Wildman–Crippen LogP) is 4.14. The number of nitrogens with zero attached hydrogens (tertiary/aromatic N) is 2. The topological polar surface area (TPSA) is 128 Å². The fraction of sp³-hybridized carbons (Fsp3) is 0.500. The SMILES string of the molecule is CC.CC(C)N.Cc1c(F)cc2nc3c(c4c2c1CC[C@@H]4CCCO)Cn1c-3cc2c(c1=O)COC(=O)C2O. The summed E-state index contributed by atoms with van der Waals surface area (Å²) in [5, 5.41) is 20.7. The fourth-order valence-electron chi connectivity index (χ4n) is 5.82. The molecule has 0 fully saturated rings. The zero-order valence-corrected chi connectivity index (χ0v) is 23.3. The van der Waals surface area contributed by atoms with Crippen molar-refractivity contribution >= 4 is 16.9 Å². The van der Waals surface area contributed by atoms with Gasteiger partial charge >= 0.3 is 5.97 Å². The molecule has 210 valence electrons. The summed E-state index contributed by atoms with van der Waals surface area (Å²) in [5.41, 5.74) is 10.6. The zero-order chi connectivity index (χ0) is 28.6. The Morgan fingerprint density at radius 2 is 1.90 bits per heavy atom. The monoisotopic (exact) mass is 539 g/mol. The van der Waals surface area contributed by atoms with Gasteiger partial charge in [0.2, 0.25) is 0 Å². The Morgan fingerprint density at radius 3 is 2.56 bits per heavy atom. The van der Waals surface area contributed by atoms with Crippen LogP contribution in [0.4, 0.5) is 4.39 Å². The molecular formula is C30H38FN3O5. The molecule has 0 amide bonds. The predicted molar refractivity (Wildman–Crippen MR) is 148 cm³/mol. The van der Waals surface area contributed by atoms with Gasteiger partial charge in [-0.3, -0.25) is 4.79 Å². The van der Waals surface area contributed by atoms with Gasteiger partial charge in [-0.25, -0.2) is 14.2 Å². The minimum Gasteiger partial charge on any atom is -0.458 e. The van der Waals surface area contributed by atoms with Crippen LogP contribution in [0, 0.1) is 12.7 Å². The first-order valence-electron chi connectivity index (χ1n) is 13.8. The maximum atomic E-state index is 14.8. The van der Waals surface area contributed by atoms with E-state index < -0.39 is 12.1 Å². The van der Waals surface area contributed by atoms with Gasteiger partial charge in [0, 0.05) is 29.2 Å². The average Bonchev–Trinajstić information content (AvgIpc) is 3.28. The Morgan fingerprint density at radius 1 is 1.21 bits per heavy atom. The first kappa shape index (κ1) is 28.9. The molecule has 3 aliphatic rings. The highest BCUT2D eigenvalue weighted by atomic mass is 19.1. The number of hydrogen-bond acceptors (Lipinski definition) is 7. The van der Waals surface area contributed by atoms with E-state index in [1.807, 2.05) is 27.7 Å². The van der Waals surface area contributed by atoms with Gasteiger partial charge in [-0.1, -0.05) is 27.7 Å². The second kappa shape index (κ2) is 11.5. The summed E-state index contributed by atoms with van der Waals surface area (Å²) in [5.74, 6) is -0.912. The van der Waals surface area contributed by atoms with Crippen molar-refractivity contribution in [2.75, 3.05) is 6.61 Å². The number of aryl methyl sites for hydroxylation is 1. The van der Waals surface area contributed by atoms with Crippen LogP contribution in [0.3, 0.4) is 0 Å². The lowest BCUT2D eigenvalue weighted by Crippen LogP contribution is -2.32. The highest BCUT2D eigenvalue weighted by Gasteiger charge is 2.37. The van der Waals surface area contributed by atoms with Crippen molar-refractivity contribution in [3.63, 3.8) is 0 Å². The zero-order valence-electron chi connectivity index (χ0n) is 23.3. The van der Waals surface area contributed by atoms with E-state index >= 15 is 0 Å². The van der Waals surface area contributed by atoms with Crippen LogP contribution < -0.4 is 11.3 Å². The summed E-state index contributed by atoms with van der Waals surface area (Å²) in [7, 11) is 0. The number of pyridine rings is 2. The lowest BCUT2D eigenvalue weighted by Gasteiger charge is -2.29. The molecule has 39 heavy (non-hydrogen) atoms. The van der Waals surface area contributed by atoms with Gasteiger partial charge < -0.3 is 25.3 Å². The average molecular weight is 540 g/mol. The molecule has 6 rings (SSSR count). The molecule has 0 radical (unpaired) electrons. The van der Waals surface area contributed by atoms with Crippen LogP contribution in [0.25, 0.3) is 22.3 Å². The van der Waals surface area contributed by atoms with Crippen molar-refractivity contribution in [3.8, 4) is 11.4 Å². The maximum Gasteiger partial charge on any atom is 0.340 e. The molecule has 2 aromatic heterocycles. The highest BCUT2D eigenvalue weighted by Crippen LogP contribution is 2.47. The number of benzene rings is 1. The van der Waals surface area contributed by atoms with E-state index in [2.05, 4.69) is 0 Å². The normalized spacial score (nSPS) is 18.4. The molecule has 1 aliphatic carbocycles. The summed E-state index contributed by atoms with van der Waals surface area (Å²) in [6.07, 6.45) is 1.52. The van der Waals surface area contributed by atoms with Crippen molar-refractivity contribution in [2.45, 2.75) is 91.5 Å². The summed E-state index contributed by atoms with van der Waals surface area (Å²) >= 11 is 0. The maximum absolute atomic E-state index is 14.8. The van der Waals surface area contributed by atoms with Crippen LogP contribution in [0.2, 0.25) is 0 Å². The quantitative estimate of drug-likeness (QED) is 0.334. The molecule has 1 aromatic carbocycles. The Bertz CT molecular complexity index is 1480. The van der Waals surface area contributed by atoms with Gasteiger partial charge in [0.25, 0.3) is 5.56 Å². The molecule has 8 nitrogen and oxygen atoms in total. The summed E-state index contributed by atoms with van der Waals surface area (Å²) in [6, 6.07) is 3.44. The summed E-state index contributed by atoms with van der Waals surface area (Å²) in [6.45, 7) is 9.93. The van der Waals surface area contributed by atoms with E-state index in [1.165, 1.54) is 6.07 Å². The molecule has 3 aromatic rings. The molecule has 0 saturated carbocycles. The van der Waals surface area contributed by atoms with Crippen molar-refractivity contribution in [1.29, 1.82) is 0 Å². The number of aromatic nitrogens is 2. The Kier molecular flexibility index (Phi) is 8.54. The Balaban J connectivity index is 0.000000541. The molecule has 4 N–H and O–H groups in total. The number of carbonyl (C=O) groups excluding carboxylic acids is 1. The third kappa shape index (κ3) is 4.99. The second-order valence-electron chi connectivity index (χ2n) is 10.4. The molecule has 2 atom stereocenters. The lowest BCUT2D eigenvalue weighted by atomic mass is 9.76. The lowest BCUT2D eigenvalue weighted by molar-refractivity contribution is -0.157. The first-order chi connectivity index (χ1) is 18.6. The number of nitrogens with two attached hydrogens (primary N) is 1. The van der Waals surface area contributed by atoms with Gasteiger partial charge in [-0.15, -0.1) is 0 Å². The largest absolute Gasteiger partial charge is 0.458 e. The van der Waals surface area contributed by atoms with E-state index in [0.29, 0.717) is 41.5 Å². The molecular weight excluding hydrogens is 501 g/mol. The van der Waals surface area contributed by atoms with E-state index in [4.69, 9.17) is 15.5 Å². The molecule has 4 heterocycles. The van der Waals surface area contributed by atoms with E-state index in [-0.39, 0.29) is 41.6 Å². The standard InChI is InChI=1S/C25H23FN2O5.C3H9N.C2H6/c1-11-13-5-4-12(3-2-6-29)20-15-9-28-19(22(15)27-18(21(13)20)8-17(11)26)7-14-16(24(28)31)10-33-25(32)23(14)30;1-3(2)4;1-2/h7-8,12,23,29-30H,2-6,9-10H2,1H3;3H,4H2,1-2H3;1-2H3/t12-,23?;;/m0../s1. The van der Waals surface area contributed by atoms with Crippen LogP contribution in [0.15, 0.2) is 16.9 Å². The number of halogens is 1. The van der Waals surface area contributed by atoms with Crippen LogP contribution >= 0.6 is 0 Å². The molecule has 0 saturated heterocycles. The van der Waals surface area contributed by atoms with Crippen molar-refractivity contribution < 1.29 is 24.1 Å². The molecule has 0 spiro atoms. The highest BCUT2D eigenvalue weighted by molar-refractivity contribution is 5.93. The number of cyclic esters (lactones) is 1. The van der Waals surface area contributed by atoms with Crippen LogP contribution in [-0.4, -0.2) is 38.4 Å². The van der Waals surface area contributed by atoms with Gasteiger partial charge in [0.15, 0.2) is 6.10 Å². The molecule has 2 aliphatic heterocycles. The van der Waals surface area contributed by atoms with E-state index in [0.717, 1.165) is 41.3 Å². The Labute approximate surface area is 227 Å². The number of hydrogen-bond donors (Lipinski definition) is 3. The minimum atomic E-state index is -1.51. The minimum absolute atomic E-state index is 0.0978. The number of carbonyl (C=O) groups is 1. The van der Waals surface area contributed by atoms with Crippen LogP contribution in [0.5, 0.6) is 0 Å². The number of rotatable bonds is 3. The second-order valence-corrected chi connectivity index (χ2v) is 10.4. The summed E-state index contributed by atoms with van der Waals surface area (Å²) in [4.78, 5) is 30.0. The smallest absolute Gasteiger partial charge is 0.340 e. The number of aliphatic hydroxyl groups is 2. The molecule has 1 unspecified atom stereocenters. The number of ether oxygens (including phenoxy) is 1. The number of esters is 1. The molecule has 9 heteroatoms. The molecule has 0 bridgehead atoms. The van der Waals surface area contributed by atoms with Gasteiger partial charge in [-0.05, 0) is 67.3 Å². The van der Waals surface area contributed by atoms with Crippen molar-refractivity contribution in [2.24, 2.45) is 5.73 Å². The van der Waals surface area contributed by atoms with Gasteiger partial charge in [-0.2, -0.15) is 0 Å². The van der Waals surface area contributed by atoms with Crippen molar-refractivity contribution in [1.82, 2.24) is 9.55 Å². The van der Waals surface area contributed by atoms with Gasteiger partial charge in [0.05, 0.1) is 29.0 Å². The van der Waals surface area contributed by atoms with Gasteiger partial charge in [0.1, 0.15) is 12.4 Å². The first-order valence-corrected chi connectivity index (χ1v) is 13.8. The van der Waals surface area contributed by atoms with Crippen LogP contribution in [-0.2, 0) is 29.1 Å². The Hall–Kier alpha value is -3.14.